The zero-order valence-corrected chi connectivity index (χ0v) is 54.9. The van der Waals surface area contributed by atoms with Crippen LogP contribution in [0.4, 0.5) is 0 Å². The highest BCUT2D eigenvalue weighted by molar-refractivity contribution is 5.15. The van der Waals surface area contributed by atoms with Gasteiger partial charge in [0.15, 0.2) is 0 Å². The molecule has 2 aliphatic rings. The number of benzene rings is 3. The lowest BCUT2D eigenvalue weighted by Crippen LogP contribution is -2.17. The zero-order valence-electron chi connectivity index (χ0n) is 54.9. The summed E-state index contributed by atoms with van der Waals surface area (Å²) >= 11 is 0. The average Bonchev–Trinajstić information content (AvgIpc) is 3.51. The van der Waals surface area contributed by atoms with Crippen LogP contribution in [-0.2, 0) is 48.2 Å². The van der Waals surface area contributed by atoms with Crippen molar-refractivity contribution >= 4 is 0 Å². The van der Waals surface area contributed by atoms with E-state index in [1.807, 2.05) is 54.6 Å². The molecule has 0 amide bonds. The van der Waals surface area contributed by atoms with Crippen molar-refractivity contribution in [1.29, 1.82) is 0 Å². The van der Waals surface area contributed by atoms with Gasteiger partial charge in [-0.15, -0.1) is 13.2 Å². The van der Waals surface area contributed by atoms with Gasteiger partial charge in [0.05, 0.1) is 77.8 Å². The molecule has 0 bridgehead atoms. The lowest BCUT2D eigenvalue weighted by Gasteiger charge is -2.18. The van der Waals surface area contributed by atoms with Gasteiger partial charge < -0.3 is 28.4 Å². The molecule has 0 saturated carbocycles. The van der Waals surface area contributed by atoms with Gasteiger partial charge in [0.25, 0.3) is 0 Å². The van der Waals surface area contributed by atoms with Crippen molar-refractivity contribution in [3.8, 4) is 0 Å². The normalized spacial score (nSPS) is 15.3. The van der Waals surface area contributed by atoms with Crippen LogP contribution in [0.3, 0.4) is 0 Å². The molecule has 480 valence electrons. The summed E-state index contributed by atoms with van der Waals surface area (Å²) in [5, 5.41) is 0. The van der Waals surface area contributed by atoms with Crippen LogP contribution < -0.4 is 0 Å². The summed E-state index contributed by atoms with van der Waals surface area (Å²) in [6.07, 6.45) is 66.9. The summed E-state index contributed by atoms with van der Waals surface area (Å²) in [7, 11) is 0. The Kier molecular flexibility index (Phi) is 57.4. The first-order valence-electron chi connectivity index (χ1n) is 35.0. The second-order valence-electron chi connectivity index (χ2n) is 23.6. The molecule has 2 aliphatic carbocycles. The molecule has 0 radical (unpaired) electrons. The van der Waals surface area contributed by atoms with Crippen LogP contribution in [0.15, 0.2) is 153 Å². The van der Waals surface area contributed by atoms with Crippen LogP contribution in [-0.4, -0.2) is 58.0 Å². The topological polar surface area (TPSA) is 55.4 Å². The fourth-order valence-corrected chi connectivity index (χ4v) is 10.5. The minimum Gasteiger partial charge on any atom is -0.376 e. The molecule has 3 aromatic carbocycles. The Balaban J connectivity index is 0.000000414. The molecule has 0 fully saturated rings. The van der Waals surface area contributed by atoms with E-state index in [9.17, 15) is 0 Å². The van der Waals surface area contributed by atoms with Gasteiger partial charge in [-0.1, -0.05) is 263 Å². The van der Waals surface area contributed by atoms with E-state index >= 15 is 0 Å². The summed E-state index contributed by atoms with van der Waals surface area (Å²) < 4.78 is 35.2. The van der Waals surface area contributed by atoms with Crippen molar-refractivity contribution in [2.45, 2.75) is 290 Å². The van der Waals surface area contributed by atoms with Crippen LogP contribution in [0, 0.1) is 0 Å². The fourth-order valence-electron chi connectivity index (χ4n) is 10.5. The SMILES string of the molecule is C1=CCCCCCC1.C1=C\CCC(OCCOCc2ccccc2)CCC/1.C=CCCCCCC/C=C/CCCC(CCC=C)OCCOCc1ccccc1.CCCCCCCCCCCCCC(CCCC)OCCOCc1ccccc1. The van der Waals surface area contributed by atoms with Gasteiger partial charge in [-0.05, 0) is 145 Å². The van der Waals surface area contributed by atoms with E-state index in [0.717, 1.165) is 51.6 Å². The highest BCUT2D eigenvalue weighted by atomic mass is 16.5. The van der Waals surface area contributed by atoms with Crippen molar-refractivity contribution in [1.82, 2.24) is 0 Å². The lowest BCUT2D eigenvalue weighted by molar-refractivity contribution is -0.00784. The Morgan fingerprint density at radius 1 is 0.376 bits per heavy atom. The quantitative estimate of drug-likeness (QED) is 0.0415. The number of allylic oxidation sites excluding steroid dienone is 8. The average molecular weight is 1170 g/mol. The summed E-state index contributed by atoms with van der Waals surface area (Å²) in [5.41, 5.74) is 3.66. The first-order chi connectivity index (χ1) is 42.2. The minimum atomic E-state index is 0.312. The molecule has 85 heavy (non-hydrogen) atoms. The largest absolute Gasteiger partial charge is 0.376 e. The standard InChI is InChI=1S/C27H48O2.C27H42O2.C17H24O2.C8H14/c2*1-3-5-7-8-9-10-11-12-13-14-18-22-27(21-6-4-2)29-24-23-28-25-26-19-16-15-17-20-26;1-2-7-11-17(12-8-3-1)19-14-13-18-15-16-9-5-4-6-10-16;1-2-4-6-8-7-5-3-1/h15-17,19-20,27H,3-14,18,21-25H2,1-2H3;3-4,12-13,15-17,19-20,27H,1-2,5-11,14,18,21-25H2;1-2,4-6,9-10,17H,3,7-8,11-15H2;1-2H,3-8H2/b;13-12+;2-1-;. The molecule has 6 nitrogen and oxygen atoms in total. The third-order valence-electron chi connectivity index (χ3n) is 15.8. The molecule has 0 aliphatic heterocycles. The summed E-state index contributed by atoms with van der Waals surface area (Å²) in [5.74, 6) is 0. The van der Waals surface area contributed by atoms with Gasteiger partial charge in [-0.25, -0.2) is 0 Å². The Morgan fingerprint density at radius 2 is 0.788 bits per heavy atom. The predicted molar refractivity (Wildman–Crippen MR) is 368 cm³/mol. The maximum absolute atomic E-state index is 6.15. The third-order valence-corrected chi connectivity index (χ3v) is 15.8. The molecule has 0 N–H and O–H groups in total. The monoisotopic (exact) mass is 1170 g/mol. The fraction of sp³-hybridized carbons (Fsp3) is 0.646. The van der Waals surface area contributed by atoms with E-state index in [1.54, 1.807) is 0 Å². The third kappa shape index (κ3) is 52.9. The molecule has 0 saturated heterocycles. The van der Waals surface area contributed by atoms with Gasteiger partial charge in [-0.3, -0.25) is 0 Å². The number of unbranched alkanes of at least 4 members (excludes halogenated alkanes) is 17. The number of ether oxygens (including phenoxy) is 6. The second-order valence-corrected chi connectivity index (χ2v) is 23.6. The van der Waals surface area contributed by atoms with Crippen LogP contribution >= 0.6 is 0 Å². The summed E-state index contributed by atoms with van der Waals surface area (Å²) in [4.78, 5) is 0. The van der Waals surface area contributed by atoms with Gasteiger partial charge >= 0.3 is 0 Å². The second kappa shape index (κ2) is 63.1. The van der Waals surface area contributed by atoms with E-state index in [1.165, 1.54) is 209 Å². The Bertz CT molecular complexity index is 1890. The molecular formula is C79H128O6. The molecule has 5 rings (SSSR count). The van der Waals surface area contributed by atoms with Crippen molar-refractivity contribution in [2.75, 3.05) is 39.6 Å². The Morgan fingerprint density at radius 3 is 1.31 bits per heavy atom. The van der Waals surface area contributed by atoms with E-state index in [4.69, 9.17) is 28.4 Å². The van der Waals surface area contributed by atoms with Crippen molar-refractivity contribution in [3.05, 3.63) is 169 Å². The molecule has 6 heteroatoms. The molecule has 3 aromatic rings. The highest BCUT2D eigenvalue weighted by Crippen LogP contribution is 2.19. The zero-order chi connectivity index (χ0) is 60.5. The van der Waals surface area contributed by atoms with Gasteiger partial charge in [-0.2, -0.15) is 0 Å². The molecule has 3 atom stereocenters. The van der Waals surface area contributed by atoms with Crippen molar-refractivity contribution in [2.24, 2.45) is 0 Å². The smallest absolute Gasteiger partial charge is 0.0718 e. The van der Waals surface area contributed by atoms with Crippen LogP contribution in [0.2, 0.25) is 0 Å². The van der Waals surface area contributed by atoms with Crippen molar-refractivity contribution < 1.29 is 28.4 Å². The van der Waals surface area contributed by atoms with Crippen LogP contribution in [0.25, 0.3) is 0 Å². The van der Waals surface area contributed by atoms with E-state index in [0.29, 0.717) is 71.2 Å². The maximum atomic E-state index is 6.15. The van der Waals surface area contributed by atoms with Gasteiger partial charge in [0.1, 0.15) is 0 Å². The molecule has 0 spiro atoms. The Hall–Kier alpha value is -3.88. The van der Waals surface area contributed by atoms with Crippen LogP contribution in [0.1, 0.15) is 268 Å². The molecule has 0 aromatic heterocycles. The number of hydrogen-bond acceptors (Lipinski definition) is 6. The predicted octanol–water partition coefficient (Wildman–Crippen LogP) is 23.3. The first-order valence-corrected chi connectivity index (χ1v) is 35.0. The van der Waals surface area contributed by atoms with E-state index < -0.39 is 0 Å². The summed E-state index contributed by atoms with van der Waals surface area (Å²) in [6.45, 7) is 18.3. The highest BCUT2D eigenvalue weighted by Gasteiger charge is 2.11. The first kappa shape index (κ1) is 77.2. The number of hydrogen-bond donors (Lipinski definition) is 0. The minimum absolute atomic E-state index is 0.312. The van der Waals surface area contributed by atoms with Gasteiger partial charge in [0, 0.05) is 0 Å². The van der Waals surface area contributed by atoms with E-state index in [-0.39, 0.29) is 0 Å². The summed E-state index contributed by atoms with van der Waals surface area (Å²) in [6, 6.07) is 30.9. The molecule has 0 heterocycles. The van der Waals surface area contributed by atoms with Crippen LogP contribution in [0.5, 0.6) is 0 Å². The molecule has 3 unspecified atom stereocenters. The molecular weight excluding hydrogens is 1040 g/mol. The number of rotatable bonds is 47. The van der Waals surface area contributed by atoms with Gasteiger partial charge in [0.2, 0.25) is 0 Å². The Labute approximate surface area is 524 Å². The van der Waals surface area contributed by atoms with Crippen molar-refractivity contribution in [3.63, 3.8) is 0 Å². The lowest BCUT2D eigenvalue weighted by atomic mass is 10.0. The van der Waals surface area contributed by atoms with E-state index in [2.05, 4.69) is 112 Å². The maximum Gasteiger partial charge on any atom is 0.0718 e.